The molecule has 0 bridgehead atoms. The minimum absolute atomic E-state index is 0.173. The first kappa shape index (κ1) is 15.2. The Hall–Kier alpha value is -2.73. The number of rotatable bonds is 6. The van der Waals surface area contributed by atoms with E-state index in [4.69, 9.17) is 4.74 Å². The van der Waals surface area contributed by atoms with Crippen LogP contribution in [0.25, 0.3) is 5.65 Å². The zero-order chi connectivity index (χ0) is 16.1. The lowest BCUT2D eigenvalue weighted by atomic mass is 10.2. The maximum atomic E-state index is 12.1. The van der Waals surface area contributed by atoms with Crippen LogP contribution in [0, 0.1) is 0 Å². The molecule has 1 aromatic carbocycles. The third-order valence-electron chi connectivity index (χ3n) is 3.52. The van der Waals surface area contributed by atoms with Crippen LogP contribution in [0.3, 0.4) is 0 Å². The van der Waals surface area contributed by atoms with Crippen LogP contribution < -0.4 is 5.32 Å². The molecule has 3 aromatic rings. The highest BCUT2D eigenvalue weighted by Gasteiger charge is 2.14. The van der Waals surface area contributed by atoms with Crippen molar-refractivity contribution >= 4 is 11.6 Å². The molecule has 0 aliphatic heterocycles. The van der Waals surface area contributed by atoms with Gasteiger partial charge in [0.15, 0.2) is 11.5 Å². The first-order chi connectivity index (χ1) is 11.2. The predicted octanol–water partition coefficient (Wildman–Crippen LogP) is 1.95. The van der Waals surface area contributed by atoms with Gasteiger partial charge in [0.1, 0.15) is 6.10 Å². The van der Waals surface area contributed by atoms with Crippen molar-refractivity contribution in [2.24, 2.45) is 0 Å². The van der Waals surface area contributed by atoms with E-state index in [9.17, 15) is 4.79 Å². The van der Waals surface area contributed by atoms with Crippen molar-refractivity contribution in [1.29, 1.82) is 0 Å². The number of hydrogen-bond donors (Lipinski definition) is 1. The smallest absolute Gasteiger partial charge is 0.249 e. The summed E-state index contributed by atoms with van der Waals surface area (Å²) in [7, 11) is 0. The quantitative estimate of drug-likeness (QED) is 0.755. The summed E-state index contributed by atoms with van der Waals surface area (Å²) in [6, 6.07) is 15.4. The molecular formula is C17H18N4O2. The van der Waals surface area contributed by atoms with Crippen molar-refractivity contribution in [3.05, 3.63) is 66.1 Å². The maximum Gasteiger partial charge on any atom is 0.249 e. The van der Waals surface area contributed by atoms with E-state index in [2.05, 4.69) is 15.5 Å². The van der Waals surface area contributed by atoms with Gasteiger partial charge in [-0.1, -0.05) is 36.4 Å². The lowest BCUT2D eigenvalue weighted by Gasteiger charge is -2.13. The molecule has 0 radical (unpaired) electrons. The van der Waals surface area contributed by atoms with E-state index >= 15 is 0 Å². The zero-order valence-electron chi connectivity index (χ0n) is 12.8. The number of fused-ring (bicyclic) bond motifs is 1. The van der Waals surface area contributed by atoms with E-state index in [1.807, 2.05) is 59.1 Å². The molecule has 0 fully saturated rings. The molecular weight excluding hydrogens is 292 g/mol. The lowest BCUT2D eigenvalue weighted by Crippen LogP contribution is -2.34. The monoisotopic (exact) mass is 310 g/mol. The molecule has 0 saturated carbocycles. The molecule has 118 valence electrons. The van der Waals surface area contributed by atoms with E-state index in [1.165, 1.54) is 0 Å². The molecule has 0 saturated heterocycles. The van der Waals surface area contributed by atoms with Gasteiger partial charge in [-0.2, -0.15) is 0 Å². The topological polar surface area (TPSA) is 68.5 Å². The summed E-state index contributed by atoms with van der Waals surface area (Å²) in [6.07, 6.45) is 1.33. The number of aromatic nitrogens is 3. The van der Waals surface area contributed by atoms with E-state index in [0.29, 0.717) is 19.0 Å². The summed E-state index contributed by atoms with van der Waals surface area (Å²) >= 11 is 0. The Morgan fingerprint density at radius 3 is 2.78 bits per heavy atom. The number of benzene rings is 1. The van der Waals surface area contributed by atoms with Crippen molar-refractivity contribution < 1.29 is 9.53 Å². The van der Waals surface area contributed by atoms with Crippen molar-refractivity contribution in [3.63, 3.8) is 0 Å². The Morgan fingerprint density at radius 1 is 1.17 bits per heavy atom. The van der Waals surface area contributed by atoms with Crippen LogP contribution in [0.1, 0.15) is 18.3 Å². The van der Waals surface area contributed by atoms with Gasteiger partial charge in [0.25, 0.3) is 0 Å². The molecule has 0 unspecified atom stereocenters. The molecule has 0 aliphatic carbocycles. The number of nitrogens with zero attached hydrogens (tertiary/aromatic N) is 3. The van der Waals surface area contributed by atoms with Gasteiger partial charge in [0, 0.05) is 6.20 Å². The van der Waals surface area contributed by atoms with Crippen molar-refractivity contribution in [2.45, 2.75) is 26.2 Å². The first-order valence-electron chi connectivity index (χ1n) is 7.46. The summed E-state index contributed by atoms with van der Waals surface area (Å²) in [6.45, 7) is 2.45. The van der Waals surface area contributed by atoms with Crippen LogP contribution in [0.5, 0.6) is 0 Å². The van der Waals surface area contributed by atoms with Crippen LogP contribution in [-0.2, 0) is 22.7 Å². The van der Waals surface area contributed by atoms with Crippen molar-refractivity contribution in [2.75, 3.05) is 0 Å². The SMILES string of the molecule is C[C@H](OCc1ccccc1)C(=O)NCc1nnc2ccccn12. The minimum atomic E-state index is -0.533. The van der Waals surface area contributed by atoms with Crippen LogP contribution in [0.15, 0.2) is 54.7 Å². The number of pyridine rings is 1. The fourth-order valence-corrected chi connectivity index (χ4v) is 2.19. The average Bonchev–Trinajstić information content (AvgIpc) is 3.01. The second-order valence-corrected chi connectivity index (χ2v) is 5.20. The zero-order valence-corrected chi connectivity index (χ0v) is 12.8. The Labute approximate surface area is 134 Å². The van der Waals surface area contributed by atoms with Crippen LogP contribution in [0.4, 0.5) is 0 Å². The molecule has 1 N–H and O–H groups in total. The normalized spacial score (nSPS) is 12.2. The van der Waals surface area contributed by atoms with Gasteiger partial charge >= 0.3 is 0 Å². The van der Waals surface area contributed by atoms with Crippen molar-refractivity contribution in [1.82, 2.24) is 19.9 Å². The maximum absolute atomic E-state index is 12.1. The lowest BCUT2D eigenvalue weighted by molar-refractivity contribution is -0.132. The van der Waals surface area contributed by atoms with Gasteiger partial charge in [0.05, 0.1) is 13.2 Å². The number of hydrogen-bond acceptors (Lipinski definition) is 4. The number of carbonyl (C=O) groups excluding carboxylic acids is 1. The standard InChI is InChI=1S/C17H18N4O2/c1-13(23-12-14-7-3-2-4-8-14)17(22)18-11-16-20-19-15-9-5-6-10-21(15)16/h2-10,13H,11-12H2,1H3,(H,18,22)/t13-/m0/s1. The van der Waals surface area contributed by atoms with Gasteiger partial charge in [0.2, 0.25) is 5.91 Å². The highest BCUT2D eigenvalue weighted by Crippen LogP contribution is 2.05. The number of amides is 1. The number of nitrogens with one attached hydrogen (secondary N) is 1. The fourth-order valence-electron chi connectivity index (χ4n) is 2.19. The third-order valence-corrected chi connectivity index (χ3v) is 3.52. The van der Waals surface area contributed by atoms with Crippen LogP contribution in [-0.4, -0.2) is 26.6 Å². The second-order valence-electron chi connectivity index (χ2n) is 5.20. The van der Waals surface area contributed by atoms with Crippen LogP contribution in [0.2, 0.25) is 0 Å². The Bertz CT molecular complexity index is 785. The second kappa shape index (κ2) is 7.02. The highest BCUT2D eigenvalue weighted by atomic mass is 16.5. The summed E-state index contributed by atoms with van der Waals surface area (Å²) in [5.41, 5.74) is 1.79. The predicted molar refractivity (Wildman–Crippen MR) is 85.5 cm³/mol. The molecule has 0 aliphatic rings. The van der Waals surface area contributed by atoms with E-state index < -0.39 is 6.10 Å². The molecule has 2 aromatic heterocycles. The molecule has 6 nitrogen and oxygen atoms in total. The number of ether oxygens (including phenoxy) is 1. The van der Waals surface area contributed by atoms with Crippen molar-refractivity contribution in [3.8, 4) is 0 Å². The van der Waals surface area contributed by atoms with Gasteiger partial charge in [-0.25, -0.2) is 0 Å². The molecule has 23 heavy (non-hydrogen) atoms. The number of carbonyl (C=O) groups is 1. The van der Waals surface area contributed by atoms with Crippen LogP contribution >= 0.6 is 0 Å². The first-order valence-corrected chi connectivity index (χ1v) is 7.46. The molecule has 2 heterocycles. The molecule has 3 rings (SSSR count). The minimum Gasteiger partial charge on any atom is -0.364 e. The van der Waals surface area contributed by atoms with Gasteiger partial charge in [-0.15, -0.1) is 10.2 Å². The Kier molecular flexibility index (Phi) is 4.63. The molecule has 1 atom stereocenters. The Morgan fingerprint density at radius 2 is 1.96 bits per heavy atom. The highest BCUT2D eigenvalue weighted by molar-refractivity contribution is 5.80. The Balaban J connectivity index is 1.52. The average molecular weight is 310 g/mol. The van der Waals surface area contributed by atoms with Gasteiger partial charge in [-0.05, 0) is 24.6 Å². The fraction of sp³-hybridized carbons (Fsp3) is 0.235. The molecule has 6 heteroatoms. The van der Waals surface area contributed by atoms with E-state index in [-0.39, 0.29) is 5.91 Å². The summed E-state index contributed by atoms with van der Waals surface area (Å²) in [5.74, 6) is 0.512. The van der Waals surface area contributed by atoms with E-state index in [1.54, 1.807) is 6.92 Å². The van der Waals surface area contributed by atoms with Gasteiger partial charge in [-0.3, -0.25) is 9.20 Å². The molecule has 0 spiro atoms. The molecule has 1 amide bonds. The summed E-state index contributed by atoms with van der Waals surface area (Å²) < 4.78 is 7.44. The largest absolute Gasteiger partial charge is 0.364 e. The summed E-state index contributed by atoms with van der Waals surface area (Å²) in [4.78, 5) is 12.1. The summed E-state index contributed by atoms with van der Waals surface area (Å²) in [5, 5.41) is 11.0. The third kappa shape index (κ3) is 3.73. The van der Waals surface area contributed by atoms with Gasteiger partial charge < -0.3 is 10.1 Å². The van der Waals surface area contributed by atoms with E-state index in [0.717, 1.165) is 11.2 Å².